The molecule has 0 saturated carbocycles. The molecule has 2 aliphatic heterocycles. The lowest BCUT2D eigenvalue weighted by atomic mass is 10.2. The number of rotatable bonds is 6. The SMILES string of the molecule is O=C(Nc1cc(S(=O)(=O)N2CCCCCC2)ccc1OCC(F)(F)F)C1CCCO1. The van der Waals surface area contributed by atoms with E-state index in [9.17, 15) is 26.4 Å². The predicted molar refractivity (Wildman–Crippen MR) is 103 cm³/mol. The predicted octanol–water partition coefficient (Wildman–Crippen LogP) is 3.31. The van der Waals surface area contributed by atoms with Crippen LogP contribution in [0.1, 0.15) is 38.5 Å². The van der Waals surface area contributed by atoms with Crippen LogP contribution in [0.15, 0.2) is 23.1 Å². The number of anilines is 1. The van der Waals surface area contributed by atoms with Gasteiger partial charge in [-0.25, -0.2) is 8.42 Å². The van der Waals surface area contributed by atoms with Crippen molar-refractivity contribution in [2.24, 2.45) is 0 Å². The molecule has 0 spiro atoms. The molecule has 30 heavy (non-hydrogen) atoms. The Balaban J connectivity index is 1.88. The van der Waals surface area contributed by atoms with Crippen molar-refractivity contribution in [3.63, 3.8) is 0 Å². The molecule has 0 aliphatic carbocycles. The highest BCUT2D eigenvalue weighted by molar-refractivity contribution is 7.89. The molecule has 2 saturated heterocycles. The van der Waals surface area contributed by atoms with Gasteiger partial charge in [0.1, 0.15) is 11.9 Å². The van der Waals surface area contributed by atoms with E-state index in [1.807, 2.05) is 0 Å². The summed E-state index contributed by atoms with van der Waals surface area (Å²) in [7, 11) is -3.85. The standard InChI is InChI=1S/C19H25F3N2O5S/c20-19(21,22)13-29-16-8-7-14(30(26,27)24-9-3-1-2-4-10-24)12-15(16)23-18(25)17-6-5-11-28-17/h7-8,12,17H,1-6,9-11,13H2,(H,23,25). The summed E-state index contributed by atoms with van der Waals surface area (Å²) in [6.07, 6.45) is -0.755. The summed E-state index contributed by atoms with van der Waals surface area (Å²) in [6.45, 7) is -0.383. The van der Waals surface area contributed by atoms with Gasteiger partial charge in [-0.1, -0.05) is 12.8 Å². The highest BCUT2D eigenvalue weighted by Crippen LogP contribution is 2.32. The van der Waals surface area contributed by atoms with E-state index >= 15 is 0 Å². The minimum atomic E-state index is -4.58. The van der Waals surface area contributed by atoms with E-state index in [2.05, 4.69) is 5.32 Å². The van der Waals surface area contributed by atoms with Gasteiger partial charge in [-0.3, -0.25) is 4.79 Å². The van der Waals surface area contributed by atoms with Crippen LogP contribution in [0.4, 0.5) is 18.9 Å². The third kappa shape index (κ3) is 5.86. The van der Waals surface area contributed by atoms with Gasteiger partial charge in [0.25, 0.3) is 5.91 Å². The van der Waals surface area contributed by atoms with Gasteiger partial charge in [-0.15, -0.1) is 0 Å². The number of carbonyl (C=O) groups is 1. The van der Waals surface area contributed by atoms with Crippen LogP contribution < -0.4 is 10.1 Å². The first-order valence-electron chi connectivity index (χ1n) is 9.93. The maximum Gasteiger partial charge on any atom is 0.422 e. The van der Waals surface area contributed by atoms with E-state index in [0.29, 0.717) is 32.5 Å². The van der Waals surface area contributed by atoms with Crippen molar-refractivity contribution in [2.75, 3.05) is 31.6 Å². The van der Waals surface area contributed by atoms with Crippen molar-refractivity contribution in [2.45, 2.75) is 55.7 Å². The third-order valence-corrected chi connectivity index (χ3v) is 6.92. The summed E-state index contributed by atoms with van der Waals surface area (Å²) >= 11 is 0. The smallest absolute Gasteiger partial charge is 0.422 e. The van der Waals surface area contributed by atoms with E-state index < -0.39 is 34.8 Å². The number of amides is 1. The molecular formula is C19H25F3N2O5S. The molecule has 0 radical (unpaired) electrons. The number of carbonyl (C=O) groups excluding carboxylic acids is 1. The molecule has 7 nitrogen and oxygen atoms in total. The van der Waals surface area contributed by atoms with Gasteiger partial charge in [-0.2, -0.15) is 17.5 Å². The number of sulfonamides is 1. The average molecular weight is 450 g/mol. The molecule has 1 atom stereocenters. The fourth-order valence-electron chi connectivity index (χ4n) is 3.48. The Kier molecular flexibility index (Phi) is 7.25. The molecule has 2 fully saturated rings. The lowest BCUT2D eigenvalue weighted by molar-refractivity contribution is -0.153. The van der Waals surface area contributed by atoms with Gasteiger partial charge in [0, 0.05) is 19.7 Å². The van der Waals surface area contributed by atoms with Crippen LogP contribution in [0.3, 0.4) is 0 Å². The molecule has 168 valence electrons. The second kappa shape index (κ2) is 9.52. The number of ether oxygens (including phenoxy) is 2. The van der Waals surface area contributed by atoms with Gasteiger partial charge in [-0.05, 0) is 43.9 Å². The largest absolute Gasteiger partial charge is 0.482 e. The molecule has 11 heteroatoms. The number of hydrogen-bond donors (Lipinski definition) is 1. The van der Waals surface area contributed by atoms with Gasteiger partial charge in [0.05, 0.1) is 10.6 Å². The topological polar surface area (TPSA) is 84.9 Å². The number of benzene rings is 1. The summed E-state index contributed by atoms with van der Waals surface area (Å²) in [4.78, 5) is 12.3. The fraction of sp³-hybridized carbons (Fsp3) is 0.632. The maximum atomic E-state index is 13.0. The molecule has 0 bridgehead atoms. The molecule has 1 unspecified atom stereocenters. The molecule has 2 aliphatic rings. The first-order valence-corrected chi connectivity index (χ1v) is 11.4. The first-order chi connectivity index (χ1) is 14.2. The van der Waals surface area contributed by atoms with Crippen LogP contribution in [-0.4, -0.2) is 57.2 Å². The number of halogens is 3. The van der Waals surface area contributed by atoms with Crippen LogP contribution in [0, 0.1) is 0 Å². The summed E-state index contributed by atoms with van der Waals surface area (Å²) in [5.41, 5.74) is -0.129. The summed E-state index contributed by atoms with van der Waals surface area (Å²) in [5.74, 6) is -0.804. The Morgan fingerprint density at radius 2 is 1.87 bits per heavy atom. The zero-order valence-corrected chi connectivity index (χ0v) is 17.2. The minimum Gasteiger partial charge on any atom is -0.482 e. The van der Waals surface area contributed by atoms with Crippen LogP contribution >= 0.6 is 0 Å². The van der Waals surface area contributed by atoms with Gasteiger partial charge in [0.2, 0.25) is 10.0 Å². The van der Waals surface area contributed by atoms with Crippen molar-refractivity contribution in [3.8, 4) is 5.75 Å². The zero-order valence-electron chi connectivity index (χ0n) is 16.4. The van der Waals surface area contributed by atoms with Gasteiger partial charge in [0.15, 0.2) is 6.61 Å². The number of alkyl halides is 3. The van der Waals surface area contributed by atoms with Crippen LogP contribution in [0.2, 0.25) is 0 Å². The highest BCUT2D eigenvalue weighted by atomic mass is 32.2. The van der Waals surface area contributed by atoms with Crippen molar-refractivity contribution >= 4 is 21.6 Å². The first kappa shape index (κ1) is 22.8. The molecule has 1 aromatic rings. The maximum absolute atomic E-state index is 13.0. The highest BCUT2D eigenvalue weighted by Gasteiger charge is 2.31. The lowest BCUT2D eigenvalue weighted by Gasteiger charge is -2.21. The van der Waals surface area contributed by atoms with Gasteiger partial charge >= 0.3 is 6.18 Å². The van der Waals surface area contributed by atoms with E-state index in [0.717, 1.165) is 37.8 Å². The molecular weight excluding hydrogens is 425 g/mol. The quantitative estimate of drug-likeness (QED) is 0.719. The van der Waals surface area contributed by atoms with Crippen molar-refractivity contribution in [1.29, 1.82) is 0 Å². The third-order valence-electron chi connectivity index (χ3n) is 5.03. The average Bonchev–Trinajstić information content (AvgIpc) is 3.08. The Labute approximate surface area is 173 Å². The summed E-state index contributed by atoms with van der Waals surface area (Å²) < 4.78 is 75.3. The zero-order chi connectivity index (χ0) is 21.8. The lowest BCUT2D eigenvalue weighted by Crippen LogP contribution is -2.32. The minimum absolute atomic E-state index is 0.105. The van der Waals surface area contributed by atoms with E-state index in [4.69, 9.17) is 9.47 Å². The second-order valence-corrected chi connectivity index (χ2v) is 9.31. The van der Waals surface area contributed by atoms with Crippen LogP contribution in [0.5, 0.6) is 5.75 Å². The number of hydrogen-bond acceptors (Lipinski definition) is 5. The van der Waals surface area contributed by atoms with Crippen LogP contribution in [0.25, 0.3) is 0 Å². The normalized spacial score (nSPS) is 21.2. The Morgan fingerprint density at radius 3 is 2.47 bits per heavy atom. The summed E-state index contributed by atoms with van der Waals surface area (Å²) in [6, 6.07) is 3.49. The van der Waals surface area contributed by atoms with Crippen molar-refractivity contribution < 1.29 is 35.9 Å². The van der Waals surface area contributed by atoms with Crippen LogP contribution in [-0.2, 0) is 19.6 Å². The molecule has 1 amide bonds. The Hall–Kier alpha value is -1.85. The molecule has 1 N–H and O–H groups in total. The van der Waals surface area contributed by atoms with Crippen molar-refractivity contribution in [1.82, 2.24) is 4.31 Å². The van der Waals surface area contributed by atoms with Crippen molar-refractivity contribution in [3.05, 3.63) is 18.2 Å². The number of nitrogens with zero attached hydrogens (tertiary/aromatic N) is 1. The number of nitrogens with one attached hydrogen (secondary N) is 1. The molecule has 1 aromatic carbocycles. The van der Waals surface area contributed by atoms with E-state index in [1.54, 1.807) is 0 Å². The Morgan fingerprint density at radius 1 is 1.17 bits per heavy atom. The Bertz CT molecular complexity index is 846. The van der Waals surface area contributed by atoms with E-state index in [1.165, 1.54) is 10.4 Å². The molecule has 0 aromatic heterocycles. The van der Waals surface area contributed by atoms with E-state index in [-0.39, 0.29) is 16.3 Å². The monoisotopic (exact) mass is 450 g/mol. The molecule has 3 rings (SSSR count). The van der Waals surface area contributed by atoms with Gasteiger partial charge < -0.3 is 14.8 Å². The second-order valence-electron chi connectivity index (χ2n) is 7.37. The molecule has 2 heterocycles. The fourth-order valence-corrected chi connectivity index (χ4v) is 5.03. The summed E-state index contributed by atoms with van der Waals surface area (Å²) in [5, 5.41) is 2.48.